The zero-order valence-electron chi connectivity index (χ0n) is 11.8. The zero-order chi connectivity index (χ0) is 14.6. The molecule has 5 nitrogen and oxygen atoms in total. The highest BCUT2D eigenvalue weighted by atomic mass is 16.6. The van der Waals surface area contributed by atoms with Crippen molar-refractivity contribution in [2.75, 3.05) is 14.2 Å². The Morgan fingerprint density at radius 1 is 0.947 bits per heavy atom. The fraction of sp³-hybridized carbons (Fsp3) is 0.429. The molecule has 5 heteroatoms. The minimum absolute atomic E-state index is 0.501. The number of esters is 2. The Balaban J connectivity index is 3.13. The third-order valence-corrected chi connectivity index (χ3v) is 2.94. The van der Waals surface area contributed by atoms with Crippen molar-refractivity contribution >= 4 is 11.9 Å². The molecule has 0 aliphatic heterocycles. The number of aryl methyl sites for hydroxylation is 2. The molecule has 0 aliphatic carbocycles. The topological polar surface area (TPSA) is 61.8 Å². The fourth-order valence-electron chi connectivity index (χ4n) is 1.63. The Morgan fingerprint density at radius 3 is 1.89 bits per heavy atom. The molecule has 1 aromatic rings. The van der Waals surface area contributed by atoms with E-state index in [9.17, 15) is 9.59 Å². The minimum Gasteiger partial charge on any atom is -0.466 e. The number of methoxy groups -OCH3 is 2. The lowest BCUT2D eigenvalue weighted by molar-refractivity contribution is -0.163. The number of hydrogen-bond donors (Lipinski definition) is 0. The normalized spacial score (nSPS) is 10.2. The molecular weight excluding hydrogens is 248 g/mol. The maximum Gasteiger partial charge on any atom is 0.359 e. The van der Waals surface area contributed by atoms with Crippen LogP contribution in [0.2, 0.25) is 0 Å². The van der Waals surface area contributed by atoms with Crippen LogP contribution in [-0.2, 0) is 19.1 Å². The molecule has 0 fully saturated rings. The van der Waals surface area contributed by atoms with Crippen molar-refractivity contribution in [3.63, 3.8) is 0 Å². The van der Waals surface area contributed by atoms with E-state index in [0.717, 1.165) is 16.7 Å². The van der Waals surface area contributed by atoms with Crippen molar-refractivity contribution < 1.29 is 23.8 Å². The van der Waals surface area contributed by atoms with Gasteiger partial charge in [-0.25, -0.2) is 9.59 Å². The van der Waals surface area contributed by atoms with Gasteiger partial charge in [-0.15, -0.1) is 0 Å². The molecule has 0 atom stereocenters. The summed E-state index contributed by atoms with van der Waals surface area (Å²) >= 11 is 0. The van der Waals surface area contributed by atoms with Crippen LogP contribution in [0.3, 0.4) is 0 Å². The van der Waals surface area contributed by atoms with Crippen LogP contribution in [-0.4, -0.2) is 32.3 Å². The van der Waals surface area contributed by atoms with Gasteiger partial charge in [0.25, 0.3) is 6.10 Å². The molecule has 0 aliphatic rings. The minimum atomic E-state index is -1.41. The molecule has 0 radical (unpaired) electrons. The first-order chi connectivity index (χ1) is 8.92. The fourth-order valence-corrected chi connectivity index (χ4v) is 1.63. The van der Waals surface area contributed by atoms with E-state index >= 15 is 0 Å². The Labute approximate surface area is 112 Å². The van der Waals surface area contributed by atoms with Crippen LogP contribution in [0.1, 0.15) is 16.7 Å². The van der Waals surface area contributed by atoms with Gasteiger partial charge in [-0.3, -0.25) is 0 Å². The average Bonchev–Trinajstić information content (AvgIpc) is 2.41. The molecule has 19 heavy (non-hydrogen) atoms. The average molecular weight is 266 g/mol. The second-order valence-corrected chi connectivity index (χ2v) is 4.20. The highest BCUT2D eigenvalue weighted by molar-refractivity contribution is 5.98. The van der Waals surface area contributed by atoms with E-state index in [1.165, 1.54) is 14.2 Å². The lowest BCUT2D eigenvalue weighted by atomic mass is 10.1. The maximum atomic E-state index is 11.6. The molecule has 0 saturated heterocycles. The van der Waals surface area contributed by atoms with E-state index in [-0.39, 0.29) is 0 Å². The molecule has 0 heterocycles. The Hall–Kier alpha value is -2.04. The van der Waals surface area contributed by atoms with Gasteiger partial charge in [0.2, 0.25) is 0 Å². The van der Waals surface area contributed by atoms with Crippen LogP contribution < -0.4 is 4.74 Å². The highest BCUT2D eigenvalue weighted by Crippen LogP contribution is 2.27. The Morgan fingerprint density at radius 2 is 1.42 bits per heavy atom. The van der Waals surface area contributed by atoms with Gasteiger partial charge in [0, 0.05) is 0 Å². The summed E-state index contributed by atoms with van der Waals surface area (Å²) in [6.07, 6.45) is -1.41. The summed E-state index contributed by atoms with van der Waals surface area (Å²) in [5.74, 6) is -1.07. The Bertz CT molecular complexity index is 477. The van der Waals surface area contributed by atoms with E-state index in [1.807, 2.05) is 32.9 Å². The van der Waals surface area contributed by atoms with Gasteiger partial charge in [0.05, 0.1) is 14.2 Å². The smallest absolute Gasteiger partial charge is 0.359 e. The van der Waals surface area contributed by atoms with Gasteiger partial charge in [0.1, 0.15) is 5.75 Å². The summed E-state index contributed by atoms with van der Waals surface area (Å²) in [6, 6.07) is 3.81. The van der Waals surface area contributed by atoms with Crippen LogP contribution in [0.25, 0.3) is 0 Å². The zero-order valence-corrected chi connectivity index (χ0v) is 11.8. The predicted molar refractivity (Wildman–Crippen MR) is 69.1 cm³/mol. The van der Waals surface area contributed by atoms with Gasteiger partial charge < -0.3 is 14.2 Å². The van der Waals surface area contributed by atoms with Crippen LogP contribution >= 0.6 is 0 Å². The molecule has 0 aromatic heterocycles. The number of carbonyl (C=O) groups excluding carboxylic acids is 2. The van der Waals surface area contributed by atoms with Gasteiger partial charge in [0.15, 0.2) is 0 Å². The van der Waals surface area contributed by atoms with E-state index in [1.54, 1.807) is 0 Å². The van der Waals surface area contributed by atoms with E-state index in [2.05, 4.69) is 9.47 Å². The number of ether oxygens (including phenoxy) is 3. The first kappa shape index (κ1) is 15.0. The first-order valence-corrected chi connectivity index (χ1v) is 5.81. The predicted octanol–water partition coefficient (Wildman–Crippen LogP) is 1.71. The molecule has 0 N–H and O–H groups in total. The summed E-state index contributed by atoms with van der Waals surface area (Å²) in [6.45, 7) is 5.63. The second kappa shape index (κ2) is 6.22. The van der Waals surface area contributed by atoms with Gasteiger partial charge in [-0.05, 0) is 37.5 Å². The molecule has 1 rings (SSSR count). The molecule has 0 amide bonds. The summed E-state index contributed by atoms with van der Waals surface area (Å²) in [4.78, 5) is 23.2. The van der Waals surface area contributed by atoms with E-state index in [0.29, 0.717) is 5.75 Å². The van der Waals surface area contributed by atoms with Crippen LogP contribution in [0.5, 0.6) is 5.75 Å². The molecule has 0 unspecified atom stereocenters. The first-order valence-electron chi connectivity index (χ1n) is 5.81. The molecule has 0 bridgehead atoms. The Kier molecular flexibility index (Phi) is 4.92. The van der Waals surface area contributed by atoms with Crippen molar-refractivity contribution in [3.8, 4) is 5.75 Å². The van der Waals surface area contributed by atoms with Crippen molar-refractivity contribution in [3.05, 3.63) is 28.8 Å². The third kappa shape index (κ3) is 3.24. The largest absolute Gasteiger partial charge is 0.466 e. The molecule has 0 saturated carbocycles. The maximum absolute atomic E-state index is 11.6. The SMILES string of the molecule is COC(=O)C(Oc1c(C)ccc(C)c1C)C(=O)OC. The summed E-state index contributed by atoms with van der Waals surface area (Å²) in [7, 11) is 2.38. The van der Waals surface area contributed by atoms with Gasteiger partial charge in [-0.1, -0.05) is 12.1 Å². The number of hydrogen-bond acceptors (Lipinski definition) is 5. The van der Waals surface area contributed by atoms with Crippen LogP contribution in [0.4, 0.5) is 0 Å². The number of benzene rings is 1. The third-order valence-electron chi connectivity index (χ3n) is 2.94. The molecule has 0 spiro atoms. The van der Waals surface area contributed by atoms with E-state index < -0.39 is 18.0 Å². The monoisotopic (exact) mass is 266 g/mol. The summed E-state index contributed by atoms with van der Waals surface area (Å²) in [5.41, 5.74) is 2.72. The van der Waals surface area contributed by atoms with Crippen LogP contribution in [0, 0.1) is 20.8 Å². The highest BCUT2D eigenvalue weighted by Gasteiger charge is 2.32. The molecule has 104 valence electrons. The van der Waals surface area contributed by atoms with Crippen molar-refractivity contribution in [2.24, 2.45) is 0 Å². The van der Waals surface area contributed by atoms with Crippen LogP contribution in [0.15, 0.2) is 12.1 Å². The second-order valence-electron chi connectivity index (χ2n) is 4.20. The summed E-state index contributed by atoms with van der Waals surface area (Å²) < 4.78 is 14.6. The summed E-state index contributed by atoms with van der Waals surface area (Å²) in [5, 5.41) is 0. The number of carbonyl (C=O) groups is 2. The van der Waals surface area contributed by atoms with Gasteiger partial charge in [-0.2, -0.15) is 0 Å². The van der Waals surface area contributed by atoms with Crippen molar-refractivity contribution in [1.29, 1.82) is 0 Å². The lowest BCUT2D eigenvalue weighted by Gasteiger charge is -2.18. The standard InChI is InChI=1S/C14H18O5/c1-8-6-7-9(2)11(10(8)3)19-12(13(15)17-4)14(16)18-5/h6-7,12H,1-5H3. The van der Waals surface area contributed by atoms with E-state index in [4.69, 9.17) is 4.74 Å². The molecule has 1 aromatic carbocycles. The number of rotatable bonds is 4. The van der Waals surface area contributed by atoms with Crippen molar-refractivity contribution in [1.82, 2.24) is 0 Å². The van der Waals surface area contributed by atoms with Gasteiger partial charge >= 0.3 is 11.9 Å². The quantitative estimate of drug-likeness (QED) is 0.613. The molecular formula is C14H18O5. The van der Waals surface area contributed by atoms with Crippen molar-refractivity contribution in [2.45, 2.75) is 26.9 Å². The lowest BCUT2D eigenvalue weighted by Crippen LogP contribution is -2.38.